The summed E-state index contributed by atoms with van der Waals surface area (Å²) in [4.78, 5) is 0. The Balaban J connectivity index is 0.000000988. The van der Waals surface area contributed by atoms with Crippen LogP contribution < -0.4 is 0 Å². The van der Waals surface area contributed by atoms with Crippen LogP contribution in [0.5, 0.6) is 0 Å². The van der Waals surface area contributed by atoms with Gasteiger partial charge in [0.05, 0.1) is 22.3 Å². The number of alkyl halides is 12. The van der Waals surface area contributed by atoms with E-state index in [1.807, 2.05) is 45.9 Å². The van der Waals surface area contributed by atoms with Gasteiger partial charge in [-0.15, -0.1) is 92.9 Å². The van der Waals surface area contributed by atoms with Crippen LogP contribution in [0.15, 0.2) is 84.9 Å². The van der Waals surface area contributed by atoms with Crippen LogP contribution in [0.2, 0.25) is 0 Å². The third-order valence-corrected chi connectivity index (χ3v) is 8.62. The third kappa shape index (κ3) is 12.5. The van der Waals surface area contributed by atoms with Gasteiger partial charge in [0.1, 0.15) is 0 Å². The third-order valence-electron chi connectivity index (χ3n) is 8.62. The molecule has 6 rings (SSSR count). The number of rotatable bonds is 3. The molecule has 0 aliphatic heterocycles. The first-order chi connectivity index (χ1) is 24.5. The molecule has 0 N–H and O–H groups in total. The van der Waals surface area contributed by atoms with E-state index in [4.69, 9.17) is 0 Å². The molecule has 0 heterocycles. The molecule has 0 fully saturated rings. The summed E-state index contributed by atoms with van der Waals surface area (Å²) in [6.07, 6.45) is -18.7. The zero-order chi connectivity index (χ0) is 39.8. The molecular formula is C41H36Cl2F12SiZr-4. The topological polar surface area (TPSA) is 0 Å². The molecule has 0 unspecified atom stereocenters. The quantitative estimate of drug-likeness (QED) is 0.0942. The summed E-state index contributed by atoms with van der Waals surface area (Å²) in [6.45, 7) is 10.5. The van der Waals surface area contributed by atoms with Gasteiger partial charge in [0.15, 0.2) is 0 Å². The summed E-state index contributed by atoms with van der Waals surface area (Å²) < 4.78 is 157. The van der Waals surface area contributed by atoms with Crippen LogP contribution in [0.4, 0.5) is 52.7 Å². The summed E-state index contributed by atoms with van der Waals surface area (Å²) >= 11 is 1.36. The molecule has 0 atom stereocenters. The van der Waals surface area contributed by atoms with Crippen molar-refractivity contribution in [1.82, 2.24) is 0 Å². The Morgan fingerprint density at radius 2 is 0.807 bits per heavy atom. The fourth-order valence-corrected chi connectivity index (χ4v) is 6.02. The van der Waals surface area contributed by atoms with Crippen molar-refractivity contribution in [3.05, 3.63) is 144 Å². The molecule has 0 saturated carbocycles. The van der Waals surface area contributed by atoms with Crippen molar-refractivity contribution in [2.45, 2.75) is 58.8 Å². The molecule has 6 aromatic rings. The first-order valence-electron chi connectivity index (χ1n) is 15.7. The van der Waals surface area contributed by atoms with Crippen molar-refractivity contribution < 1.29 is 76.0 Å². The Kier molecular flexibility index (Phi) is 19.2. The minimum absolute atomic E-state index is 0. The second-order valence-corrected chi connectivity index (χ2v) is 12.4. The van der Waals surface area contributed by atoms with Gasteiger partial charge in [-0.05, 0) is 53.9 Å². The Morgan fingerprint density at radius 1 is 0.491 bits per heavy atom. The summed E-state index contributed by atoms with van der Waals surface area (Å²) in [7, 11) is 0. The van der Waals surface area contributed by atoms with E-state index in [2.05, 4.69) is 6.88 Å². The van der Waals surface area contributed by atoms with Crippen molar-refractivity contribution in [1.29, 1.82) is 0 Å². The van der Waals surface area contributed by atoms with Crippen LogP contribution in [0.25, 0.3) is 43.8 Å². The molecule has 0 spiro atoms. The average molecular weight is 947 g/mol. The predicted molar refractivity (Wildman–Crippen MR) is 207 cm³/mol. The molecule has 0 saturated heterocycles. The van der Waals surface area contributed by atoms with Crippen LogP contribution >= 0.6 is 24.8 Å². The van der Waals surface area contributed by atoms with E-state index in [1.54, 1.807) is 30.3 Å². The maximum atomic E-state index is 13.1. The van der Waals surface area contributed by atoms with Gasteiger partial charge in [-0.2, -0.15) is 64.8 Å². The van der Waals surface area contributed by atoms with Crippen LogP contribution in [-0.4, -0.2) is 6.88 Å². The molecule has 16 heteroatoms. The molecule has 0 bridgehead atoms. The summed E-state index contributed by atoms with van der Waals surface area (Å²) in [6, 6.07) is 17.3. The number of fused-ring (bicyclic) bond motifs is 2. The average Bonchev–Trinajstić information content (AvgIpc) is 3.69. The summed E-state index contributed by atoms with van der Waals surface area (Å²) in [5.41, 5.74) is -0.996. The Hall–Kier alpha value is -3.06. The molecule has 57 heavy (non-hydrogen) atoms. The Morgan fingerprint density at radius 3 is 1.12 bits per heavy atom. The van der Waals surface area contributed by atoms with Crippen molar-refractivity contribution in [3.8, 4) is 22.3 Å². The monoisotopic (exact) mass is 944 g/mol. The van der Waals surface area contributed by atoms with E-state index >= 15 is 0 Å². The fraction of sp³-hybridized carbons (Fsp3) is 0.220. The Bertz CT molecular complexity index is 2200. The molecular weight excluding hydrogens is 911 g/mol. The molecule has 0 aliphatic rings. The van der Waals surface area contributed by atoms with Gasteiger partial charge in [-0.3, -0.25) is 0 Å². The van der Waals surface area contributed by atoms with Gasteiger partial charge >= 0.3 is 54.9 Å². The maximum absolute atomic E-state index is 13.1. The Labute approximate surface area is 352 Å². The molecule has 0 amide bonds. The van der Waals surface area contributed by atoms with Gasteiger partial charge in [0, 0.05) is 0 Å². The number of hydrogen-bond acceptors (Lipinski definition) is 0. The molecule has 0 nitrogen and oxygen atoms in total. The molecule has 310 valence electrons. The van der Waals surface area contributed by atoms with Crippen molar-refractivity contribution in [2.24, 2.45) is 0 Å². The first kappa shape index (κ1) is 53.9. The van der Waals surface area contributed by atoms with Gasteiger partial charge in [0.25, 0.3) is 0 Å². The normalized spacial score (nSPS) is 11.5. The van der Waals surface area contributed by atoms with Crippen molar-refractivity contribution >= 4 is 53.2 Å². The van der Waals surface area contributed by atoms with E-state index in [-0.39, 0.29) is 62.9 Å². The fourth-order valence-electron chi connectivity index (χ4n) is 6.02. The van der Waals surface area contributed by atoms with Crippen LogP contribution in [-0.2, 0) is 54.5 Å². The molecule has 2 radical (unpaired) electrons. The number of aryl methyl sites for hydroxylation is 4. The van der Waals surface area contributed by atoms with Crippen LogP contribution in [0.1, 0.15) is 51.4 Å². The van der Waals surface area contributed by atoms with E-state index in [0.29, 0.717) is 21.9 Å². The SMILES string of the molecule is CCc1cc2c(-c3cc(C(F)(F)F)cc(C(F)(F)F)c3)ccc(C)c2[cH-]1.Cc1cc2c(-c3cc(C(F)(F)F)cc(C(F)(F)F)c3)ccc(C)c2[cH-]1.Cl.Cl.[CH3-].[CH3-].[Si]=[Zr]. The number of benzene rings is 4. The van der Waals surface area contributed by atoms with Crippen LogP contribution in [0.3, 0.4) is 0 Å². The molecule has 6 aromatic carbocycles. The molecule has 0 aliphatic carbocycles. The summed E-state index contributed by atoms with van der Waals surface area (Å²) in [5.74, 6) is 0. The van der Waals surface area contributed by atoms with Crippen LogP contribution in [0, 0.1) is 35.6 Å². The van der Waals surface area contributed by atoms with Gasteiger partial charge in [-0.1, -0.05) is 51.0 Å². The van der Waals surface area contributed by atoms with E-state index in [0.717, 1.165) is 63.7 Å². The number of hydrogen-bond donors (Lipinski definition) is 0. The van der Waals surface area contributed by atoms with Crippen molar-refractivity contribution in [3.63, 3.8) is 0 Å². The van der Waals surface area contributed by atoms with Gasteiger partial charge in [0.2, 0.25) is 0 Å². The second-order valence-electron chi connectivity index (χ2n) is 12.4. The second kappa shape index (κ2) is 20.3. The van der Waals surface area contributed by atoms with E-state index < -0.39 is 47.0 Å². The standard InChI is InChI=1S/C20H15F6.C19H13F6.2CH3.2ClH.Si.Zr/c1-3-12-6-17-11(2)4-5-16(18(17)7-12)13-8-14(19(21,22)23)10-15(9-13)20(24,25)26;1-10-5-16-11(2)3-4-15(17(16)6-10)12-7-13(18(20,21)22)9-14(8-12)19(23,24)25;;;;;;/h4-10H,3H2,1-2H3;3-9H,1-2H3;2*1H3;2*1H;;/q4*-1;;;;. The van der Waals surface area contributed by atoms with Gasteiger partial charge in [-0.25, -0.2) is 0 Å². The first-order valence-corrected chi connectivity index (χ1v) is 19.9. The van der Waals surface area contributed by atoms with E-state index in [9.17, 15) is 52.7 Å². The number of halogens is 14. The van der Waals surface area contributed by atoms with Crippen molar-refractivity contribution in [2.75, 3.05) is 0 Å². The van der Waals surface area contributed by atoms with Gasteiger partial charge < -0.3 is 14.9 Å². The predicted octanol–water partition coefficient (Wildman–Crippen LogP) is 15.4. The molecule has 0 aromatic heterocycles. The minimum atomic E-state index is -4.86. The zero-order valence-electron chi connectivity index (χ0n) is 31.1. The zero-order valence-corrected chi connectivity index (χ0v) is 36.2. The summed E-state index contributed by atoms with van der Waals surface area (Å²) in [5, 5.41) is 2.96. The van der Waals surface area contributed by atoms with E-state index in [1.165, 1.54) is 23.3 Å².